The third kappa shape index (κ3) is 3.29. The van der Waals surface area contributed by atoms with E-state index in [0.29, 0.717) is 11.5 Å². The fraction of sp³-hybridized carbons (Fsp3) is 0.444. The number of rotatable bonds is 3. The zero-order valence-corrected chi connectivity index (χ0v) is 13.8. The van der Waals surface area contributed by atoms with Crippen LogP contribution in [0.4, 0.5) is 0 Å². The van der Waals surface area contributed by atoms with Gasteiger partial charge in [0.1, 0.15) is 0 Å². The molecule has 3 rings (SSSR count). The number of hydrogen-bond acceptors (Lipinski definition) is 3. The molecule has 0 saturated carbocycles. The summed E-state index contributed by atoms with van der Waals surface area (Å²) in [6.07, 6.45) is 5.60. The Balaban J connectivity index is 1.78. The van der Waals surface area contributed by atoms with E-state index in [4.69, 9.17) is 5.73 Å². The molecule has 0 spiro atoms. The number of hydrogen-bond donors (Lipinski definition) is 1. The summed E-state index contributed by atoms with van der Waals surface area (Å²) in [5.41, 5.74) is 8.78. The number of amides is 1. The number of carbonyl (C=O) groups excluding carboxylic acids is 1. The van der Waals surface area contributed by atoms with Crippen molar-refractivity contribution >= 4 is 5.91 Å². The highest BCUT2D eigenvalue weighted by Crippen LogP contribution is 2.21. The van der Waals surface area contributed by atoms with Crippen LogP contribution in [-0.2, 0) is 0 Å². The largest absolute Gasteiger partial charge is 0.338 e. The molecule has 2 N–H and O–H groups in total. The molecule has 0 bridgehead atoms. The number of piperidine rings is 1. The monoisotopic (exact) mass is 312 g/mol. The van der Waals surface area contributed by atoms with Gasteiger partial charge in [-0.2, -0.15) is 5.10 Å². The standard InChI is InChI=1S/C18H24N4O/c1-13-6-3-4-8-17(13)22-12-16(10-20-22)18(23)21-9-5-7-15(11-21)14(2)19/h3-4,6,8,10,12,14-15H,5,7,9,11,19H2,1-2H3/t14-,15+/m0/s1. The lowest BCUT2D eigenvalue weighted by Gasteiger charge is -2.34. The van der Waals surface area contributed by atoms with Crippen molar-refractivity contribution in [2.75, 3.05) is 13.1 Å². The topological polar surface area (TPSA) is 64.2 Å². The van der Waals surface area contributed by atoms with E-state index in [1.54, 1.807) is 10.9 Å². The number of benzene rings is 1. The second kappa shape index (κ2) is 6.54. The van der Waals surface area contributed by atoms with Gasteiger partial charge in [0.15, 0.2) is 0 Å². The number of aryl methyl sites for hydroxylation is 1. The summed E-state index contributed by atoms with van der Waals surface area (Å²) in [6.45, 7) is 5.61. The van der Waals surface area contributed by atoms with Gasteiger partial charge < -0.3 is 10.6 Å². The van der Waals surface area contributed by atoms with Gasteiger partial charge in [-0.3, -0.25) is 4.79 Å². The summed E-state index contributed by atoms with van der Waals surface area (Å²) in [7, 11) is 0. The van der Waals surface area contributed by atoms with Crippen molar-refractivity contribution in [2.45, 2.75) is 32.7 Å². The van der Waals surface area contributed by atoms with Crippen molar-refractivity contribution in [3.63, 3.8) is 0 Å². The fourth-order valence-electron chi connectivity index (χ4n) is 3.19. The first kappa shape index (κ1) is 15.7. The molecule has 2 atom stereocenters. The Morgan fingerprint density at radius 1 is 1.39 bits per heavy atom. The predicted molar refractivity (Wildman–Crippen MR) is 90.6 cm³/mol. The molecule has 1 aromatic heterocycles. The minimum Gasteiger partial charge on any atom is -0.338 e. The van der Waals surface area contributed by atoms with E-state index < -0.39 is 0 Å². The Morgan fingerprint density at radius 3 is 2.91 bits per heavy atom. The predicted octanol–water partition coefficient (Wildman–Crippen LogP) is 2.38. The quantitative estimate of drug-likeness (QED) is 0.946. The van der Waals surface area contributed by atoms with E-state index in [0.717, 1.165) is 37.2 Å². The smallest absolute Gasteiger partial charge is 0.257 e. The van der Waals surface area contributed by atoms with E-state index in [9.17, 15) is 4.79 Å². The summed E-state index contributed by atoms with van der Waals surface area (Å²) < 4.78 is 1.77. The Labute approximate surface area is 137 Å². The molecule has 1 fully saturated rings. The molecule has 23 heavy (non-hydrogen) atoms. The lowest BCUT2D eigenvalue weighted by atomic mass is 9.92. The second-order valence-electron chi connectivity index (χ2n) is 6.47. The maximum Gasteiger partial charge on any atom is 0.257 e. The molecule has 0 aliphatic carbocycles. The van der Waals surface area contributed by atoms with Gasteiger partial charge in [0.2, 0.25) is 0 Å². The molecule has 5 heteroatoms. The molecule has 2 heterocycles. The molecule has 122 valence electrons. The number of nitrogens with two attached hydrogens (primary N) is 1. The van der Waals surface area contributed by atoms with Crippen LogP contribution in [0, 0.1) is 12.8 Å². The van der Waals surface area contributed by atoms with Gasteiger partial charge in [-0.05, 0) is 44.2 Å². The maximum atomic E-state index is 12.7. The molecule has 1 aromatic carbocycles. The van der Waals surface area contributed by atoms with Gasteiger partial charge in [-0.1, -0.05) is 18.2 Å². The summed E-state index contributed by atoms with van der Waals surface area (Å²) >= 11 is 0. The Hall–Kier alpha value is -2.14. The van der Waals surface area contributed by atoms with E-state index in [-0.39, 0.29) is 11.9 Å². The summed E-state index contributed by atoms with van der Waals surface area (Å²) in [5, 5.41) is 4.36. The highest BCUT2D eigenvalue weighted by molar-refractivity contribution is 5.93. The summed E-state index contributed by atoms with van der Waals surface area (Å²) in [6, 6.07) is 8.14. The van der Waals surface area contributed by atoms with Crippen molar-refractivity contribution in [3.05, 3.63) is 47.8 Å². The third-order valence-electron chi connectivity index (χ3n) is 4.68. The zero-order valence-electron chi connectivity index (χ0n) is 13.8. The van der Waals surface area contributed by atoms with Crippen LogP contribution in [0.1, 0.15) is 35.7 Å². The van der Waals surface area contributed by atoms with Gasteiger partial charge in [-0.15, -0.1) is 0 Å². The van der Waals surface area contributed by atoms with Crippen molar-refractivity contribution in [1.29, 1.82) is 0 Å². The molecular formula is C18H24N4O. The van der Waals surface area contributed by atoms with Gasteiger partial charge in [0.05, 0.1) is 17.4 Å². The van der Waals surface area contributed by atoms with Crippen LogP contribution in [0.3, 0.4) is 0 Å². The number of nitrogens with zero attached hydrogens (tertiary/aromatic N) is 3. The molecule has 5 nitrogen and oxygen atoms in total. The second-order valence-corrected chi connectivity index (χ2v) is 6.47. The molecule has 2 aromatic rings. The number of para-hydroxylation sites is 1. The minimum atomic E-state index is 0.0511. The average molecular weight is 312 g/mol. The van der Waals surface area contributed by atoms with Crippen molar-refractivity contribution in [3.8, 4) is 5.69 Å². The van der Waals surface area contributed by atoms with Gasteiger partial charge in [0, 0.05) is 25.3 Å². The molecule has 1 amide bonds. The van der Waals surface area contributed by atoms with Crippen LogP contribution in [0.25, 0.3) is 5.69 Å². The van der Waals surface area contributed by atoms with Gasteiger partial charge in [0.25, 0.3) is 5.91 Å². The van der Waals surface area contributed by atoms with Crippen molar-refractivity contribution in [1.82, 2.24) is 14.7 Å². The van der Waals surface area contributed by atoms with Crippen LogP contribution in [0.5, 0.6) is 0 Å². The Bertz CT molecular complexity index is 692. The number of aromatic nitrogens is 2. The van der Waals surface area contributed by atoms with Crippen LogP contribution in [0.2, 0.25) is 0 Å². The fourth-order valence-corrected chi connectivity index (χ4v) is 3.19. The van der Waals surface area contributed by atoms with E-state index in [1.165, 1.54) is 0 Å². The number of carbonyl (C=O) groups is 1. The summed E-state index contributed by atoms with van der Waals surface area (Å²) in [5.74, 6) is 0.439. The molecule has 1 saturated heterocycles. The molecule has 0 unspecified atom stereocenters. The van der Waals surface area contributed by atoms with E-state index in [2.05, 4.69) is 5.10 Å². The van der Waals surface area contributed by atoms with Gasteiger partial charge >= 0.3 is 0 Å². The van der Waals surface area contributed by atoms with Crippen LogP contribution in [0.15, 0.2) is 36.7 Å². The minimum absolute atomic E-state index is 0.0511. The lowest BCUT2D eigenvalue weighted by Crippen LogP contribution is -2.45. The molecule has 1 aliphatic rings. The Kier molecular flexibility index (Phi) is 4.48. The lowest BCUT2D eigenvalue weighted by molar-refractivity contribution is 0.0661. The first-order valence-electron chi connectivity index (χ1n) is 8.22. The van der Waals surface area contributed by atoms with E-state index in [1.807, 2.05) is 49.2 Å². The Morgan fingerprint density at radius 2 is 2.17 bits per heavy atom. The molecule has 1 aliphatic heterocycles. The van der Waals surface area contributed by atoms with Crippen molar-refractivity contribution < 1.29 is 4.79 Å². The molecular weight excluding hydrogens is 288 g/mol. The SMILES string of the molecule is Cc1ccccc1-n1cc(C(=O)N2CCC[C@@H]([C@H](C)N)C2)cn1. The van der Waals surface area contributed by atoms with Crippen LogP contribution >= 0.6 is 0 Å². The van der Waals surface area contributed by atoms with Crippen molar-refractivity contribution in [2.24, 2.45) is 11.7 Å². The highest BCUT2D eigenvalue weighted by Gasteiger charge is 2.27. The van der Waals surface area contributed by atoms with Crippen LogP contribution < -0.4 is 5.73 Å². The third-order valence-corrected chi connectivity index (χ3v) is 4.68. The molecule has 0 radical (unpaired) electrons. The number of likely N-dealkylation sites (tertiary alicyclic amines) is 1. The first-order chi connectivity index (χ1) is 11.1. The summed E-state index contributed by atoms with van der Waals surface area (Å²) in [4.78, 5) is 14.6. The normalized spacial score (nSPS) is 19.6. The average Bonchev–Trinajstić information content (AvgIpc) is 3.04. The zero-order chi connectivity index (χ0) is 16.4. The van der Waals surface area contributed by atoms with E-state index >= 15 is 0 Å². The van der Waals surface area contributed by atoms with Gasteiger partial charge in [-0.25, -0.2) is 4.68 Å². The first-order valence-corrected chi connectivity index (χ1v) is 8.22. The maximum absolute atomic E-state index is 12.7. The van der Waals surface area contributed by atoms with Crippen LogP contribution in [-0.4, -0.2) is 39.7 Å². The highest BCUT2D eigenvalue weighted by atomic mass is 16.2.